The summed E-state index contributed by atoms with van der Waals surface area (Å²) < 4.78 is 5.49. The summed E-state index contributed by atoms with van der Waals surface area (Å²) in [5.74, 6) is 1.01. The van der Waals surface area contributed by atoms with Gasteiger partial charge in [0, 0.05) is 5.57 Å². The van der Waals surface area contributed by atoms with Crippen LogP contribution in [0.1, 0.15) is 173 Å². The third kappa shape index (κ3) is 11.8. The minimum atomic E-state index is -0.576. The second-order valence-corrected chi connectivity index (χ2v) is 13.6. The molecule has 0 amide bonds. The van der Waals surface area contributed by atoms with E-state index in [0.29, 0.717) is 11.8 Å². The van der Waals surface area contributed by atoms with Gasteiger partial charge in [-0.15, -0.1) is 0 Å². The standard InChI is InChI=1S/C36H64O4/c37-28-33(30-22-16-10-4-1-5-11-17-23-30)35(36(39)40-29-38)34(31-24-18-12-6-2-7-13-19-25-31)32-26-20-14-8-3-9-15-21-27-32/h30-32,34,37-38H,1-29H2. The summed E-state index contributed by atoms with van der Waals surface area (Å²) in [7, 11) is 0. The Morgan fingerprint density at radius 2 is 0.850 bits per heavy atom. The zero-order valence-electron chi connectivity index (χ0n) is 26.0. The topological polar surface area (TPSA) is 66.8 Å². The second kappa shape index (κ2) is 20.9. The Hall–Kier alpha value is -0.870. The Balaban J connectivity index is 2.06. The smallest absolute Gasteiger partial charge is 0.336 e. The lowest BCUT2D eigenvalue weighted by Gasteiger charge is -2.38. The molecule has 3 rings (SSSR count). The highest BCUT2D eigenvalue weighted by Crippen LogP contribution is 2.44. The zero-order valence-corrected chi connectivity index (χ0v) is 26.0. The van der Waals surface area contributed by atoms with Gasteiger partial charge in [0.25, 0.3) is 0 Å². The Bertz CT molecular complexity index is 645. The number of aliphatic hydroxyl groups is 2. The summed E-state index contributed by atoms with van der Waals surface area (Å²) in [5, 5.41) is 20.8. The Labute approximate surface area is 247 Å². The average molecular weight is 561 g/mol. The van der Waals surface area contributed by atoms with Crippen LogP contribution in [0.2, 0.25) is 0 Å². The molecule has 0 saturated heterocycles. The first-order valence-corrected chi connectivity index (χ1v) is 17.9. The first kappa shape index (κ1) is 33.6. The van der Waals surface area contributed by atoms with Crippen LogP contribution in [-0.2, 0) is 9.53 Å². The Kier molecular flexibility index (Phi) is 17.6. The van der Waals surface area contributed by atoms with E-state index in [4.69, 9.17) is 4.74 Å². The molecule has 0 unspecified atom stereocenters. The fourth-order valence-corrected chi connectivity index (χ4v) is 8.47. The molecule has 0 bridgehead atoms. The van der Waals surface area contributed by atoms with Gasteiger partial charge < -0.3 is 14.9 Å². The molecule has 40 heavy (non-hydrogen) atoms. The molecule has 3 fully saturated rings. The van der Waals surface area contributed by atoms with Gasteiger partial charge in [-0.2, -0.15) is 0 Å². The number of hydrogen-bond donors (Lipinski definition) is 2. The number of carbonyl (C=O) groups is 1. The monoisotopic (exact) mass is 560 g/mol. The maximum atomic E-state index is 14.0. The largest absolute Gasteiger partial charge is 0.435 e. The number of aliphatic hydroxyl groups excluding tert-OH is 2. The molecule has 4 heteroatoms. The number of carbonyl (C=O) groups excluding carboxylic acids is 1. The average Bonchev–Trinajstić information content (AvgIpc) is 2.98. The molecule has 3 aliphatic carbocycles. The number of esters is 1. The number of hydrogen-bond acceptors (Lipinski definition) is 4. The van der Waals surface area contributed by atoms with E-state index in [-0.39, 0.29) is 24.4 Å². The van der Waals surface area contributed by atoms with Crippen LogP contribution in [0.15, 0.2) is 11.1 Å². The van der Waals surface area contributed by atoms with Crippen LogP contribution in [0, 0.1) is 23.7 Å². The van der Waals surface area contributed by atoms with Crippen LogP contribution in [0.3, 0.4) is 0 Å². The van der Waals surface area contributed by atoms with E-state index in [0.717, 1.165) is 24.0 Å². The molecule has 0 aromatic heterocycles. The lowest BCUT2D eigenvalue weighted by Crippen LogP contribution is -2.33. The molecule has 0 spiro atoms. The third-order valence-corrected chi connectivity index (χ3v) is 10.7. The van der Waals surface area contributed by atoms with Crippen molar-refractivity contribution >= 4 is 5.97 Å². The van der Waals surface area contributed by atoms with E-state index in [1.807, 2.05) is 0 Å². The quantitative estimate of drug-likeness (QED) is 0.185. The van der Waals surface area contributed by atoms with Crippen molar-refractivity contribution in [2.75, 3.05) is 13.4 Å². The van der Waals surface area contributed by atoms with Gasteiger partial charge in [-0.1, -0.05) is 135 Å². The van der Waals surface area contributed by atoms with E-state index in [1.54, 1.807) is 0 Å². The van der Waals surface area contributed by atoms with E-state index < -0.39 is 6.79 Å². The summed E-state index contributed by atoms with van der Waals surface area (Å²) >= 11 is 0. The third-order valence-electron chi connectivity index (χ3n) is 10.7. The first-order valence-electron chi connectivity index (χ1n) is 17.9. The van der Waals surface area contributed by atoms with Gasteiger partial charge in [-0.25, -0.2) is 4.79 Å². The molecule has 0 aromatic rings. The molecule has 0 radical (unpaired) electrons. The SMILES string of the molecule is O=C(OCO)C(=C(CO)C1CCCCCCCCC1)C(C1CCCCCCCCC1)C1CCCCCCCCC1. The van der Waals surface area contributed by atoms with E-state index in [1.165, 1.54) is 161 Å². The summed E-state index contributed by atoms with van der Waals surface area (Å²) in [5.41, 5.74) is 1.79. The van der Waals surface area contributed by atoms with Crippen LogP contribution in [0.4, 0.5) is 0 Å². The molecule has 0 aromatic carbocycles. The van der Waals surface area contributed by atoms with Crippen molar-refractivity contribution in [3.8, 4) is 0 Å². The number of rotatable bonds is 7. The Morgan fingerprint density at radius 3 is 1.18 bits per heavy atom. The highest BCUT2D eigenvalue weighted by atomic mass is 16.6. The Morgan fingerprint density at radius 1 is 0.525 bits per heavy atom. The molecule has 0 heterocycles. The molecule has 3 saturated carbocycles. The molecule has 4 nitrogen and oxygen atoms in total. The maximum absolute atomic E-state index is 14.0. The van der Waals surface area contributed by atoms with Crippen LogP contribution < -0.4 is 0 Å². The number of ether oxygens (including phenoxy) is 1. The van der Waals surface area contributed by atoms with Gasteiger partial charge in [0.2, 0.25) is 0 Å². The van der Waals surface area contributed by atoms with Crippen LogP contribution in [-0.4, -0.2) is 29.6 Å². The molecule has 0 aliphatic heterocycles. The molecular formula is C36H64O4. The minimum Gasteiger partial charge on any atom is -0.435 e. The fourth-order valence-electron chi connectivity index (χ4n) is 8.47. The van der Waals surface area contributed by atoms with Crippen molar-refractivity contribution in [3.63, 3.8) is 0 Å². The minimum absolute atomic E-state index is 0.0452. The van der Waals surface area contributed by atoms with Crippen molar-refractivity contribution in [2.45, 2.75) is 173 Å². The summed E-state index contributed by atoms with van der Waals surface area (Å²) in [6.45, 7) is -0.621. The van der Waals surface area contributed by atoms with Gasteiger partial charge in [-0.05, 0) is 67.8 Å². The molecule has 232 valence electrons. The summed E-state index contributed by atoms with van der Waals surface area (Å²) in [6, 6.07) is 0. The van der Waals surface area contributed by atoms with Crippen molar-refractivity contribution in [1.82, 2.24) is 0 Å². The lowest BCUT2D eigenvalue weighted by molar-refractivity contribution is -0.148. The van der Waals surface area contributed by atoms with E-state index in [9.17, 15) is 15.0 Å². The first-order chi connectivity index (χ1) is 19.8. The normalized spacial score (nSPS) is 24.2. The predicted molar refractivity (Wildman–Crippen MR) is 166 cm³/mol. The van der Waals surface area contributed by atoms with Gasteiger partial charge in [0.05, 0.1) is 6.61 Å². The van der Waals surface area contributed by atoms with Crippen molar-refractivity contribution < 1.29 is 19.7 Å². The van der Waals surface area contributed by atoms with Gasteiger partial charge in [0.1, 0.15) is 0 Å². The highest BCUT2D eigenvalue weighted by molar-refractivity contribution is 5.90. The molecular weight excluding hydrogens is 496 g/mol. The maximum Gasteiger partial charge on any atom is 0.336 e. The van der Waals surface area contributed by atoms with Crippen LogP contribution in [0.25, 0.3) is 0 Å². The second-order valence-electron chi connectivity index (χ2n) is 13.6. The van der Waals surface area contributed by atoms with Crippen molar-refractivity contribution in [1.29, 1.82) is 0 Å². The fraction of sp³-hybridized carbons (Fsp3) is 0.917. The molecule has 2 N–H and O–H groups in total. The van der Waals surface area contributed by atoms with Crippen molar-refractivity contribution in [3.05, 3.63) is 11.1 Å². The van der Waals surface area contributed by atoms with Crippen molar-refractivity contribution in [2.24, 2.45) is 23.7 Å². The van der Waals surface area contributed by atoms with E-state index >= 15 is 0 Å². The zero-order chi connectivity index (χ0) is 28.3. The van der Waals surface area contributed by atoms with Gasteiger partial charge in [0.15, 0.2) is 6.79 Å². The predicted octanol–water partition coefficient (Wildman–Crippen LogP) is 9.81. The lowest BCUT2D eigenvalue weighted by atomic mass is 9.66. The summed E-state index contributed by atoms with van der Waals surface area (Å²) in [6.07, 6.45) is 33.9. The van der Waals surface area contributed by atoms with Gasteiger partial charge >= 0.3 is 5.97 Å². The van der Waals surface area contributed by atoms with Gasteiger partial charge in [-0.3, -0.25) is 0 Å². The molecule has 3 aliphatic rings. The van der Waals surface area contributed by atoms with Crippen LogP contribution in [0.5, 0.6) is 0 Å². The molecule has 0 atom stereocenters. The summed E-state index contributed by atoms with van der Waals surface area (Å²) in [4.78, 5) is 14.0. The van der Waals surface area contributed by atoms with E-state index in [2.05, 4.69) is 0 Å². The van der Waals surface area contributed by atoms with Crippen LogP contribution >= 0.6 is 0 Å². The highest BCUT2D eigenvalue weighted by Gasteiger charge is 2.38.